The van der Waals surface area contributed by atoms with Gasteiger partial charge in [0, 0.05) is 19.6 Å². The topological polar surface area (TPSA) is 66.5 Å². The van der Waals surface area contributed by atoms with Crippen LogP contribution in [0.4, 0.5) is 0 Å². The molecule has 0 saturated carbocycles. The monoisotopic (exact) mass is 336 g/mol. The zero-order valence-corrected chi connectivity index (χ0v) is 14.5. The first kappa shape index (κ1) is 17.7. The van der Waals surface area contributed by atoms with Crippen LogP contribution in [0.5, 0.6) is 0 Å². The second kappa shape index (κ2) is 7.27. The van der Waals surface area contributed by atoms with Gasteiger partial charge in [0.05, 0.1) is 10.8 Å². The number of hydrogen-bond acceptors (Lipinski definition) is 3. The molecule has 0 aromatic heterocycles. The van der Waals surface area contributed by atoms with Gasteiger partial charge < -0.3 is 5.32 Å². The summed E-state index contributed by atoms with van der Waals surface area (Å²) in [5, 5.41) is 2.76. The lowest BCUT2D eigenvalue weighted by Gasteiger charge is -2.31. The molecule has 126 valence electrons. The quantitative estimate of drug-likeness (QED) is 0.837. The molecule has 6 heteroatoms. The Kier molecular flexibility index (Phi) is 5.59. The Morgan fingerprint density at radius 3 is 2.87 bits per heavy atom. The van der Waals surface area contributed by atoms with Gasteiger partial charge in [0.25, 0.3) is 0 Å². The highest BCUT2D eigenvalue weighted by molar-refractivity contribution is 7.89. The SMILES string of the molecule is C=CCNC(=O)[C@H]1CCCN(S(=O)(=O)c2cc(C)ccc2C)C1. The number of carbonyl (C=O) groups excluding carboxylic acids is 1. The summed E-state index contributed by atoms with van der Waals surface area (Å²) in [6, 6.07) is 5.42. The van der Waals surface area contributed by atoms with E-state index < -0.39 is 10.0 Å². The summed E-state index contributed by atoms with van der Waals surface area (Å²) in [7, 11) is -3.57. The van der Waals surface area contributed by atoms with Crippen molar-refractivity contribution < 1.29 is 13.2 Å². The van der Waals surface area contributed by atoms with Crippen LogP contribution in [0.15, 0.2) is 35.7 Å². The summed E-state index contributed by atoms with van der Waals surface area (Å²) in [5.74, 6) is -0.408. The van der Waals surface area contributed by atoms with E-state index in [4.69, 9.17) is 0 Å². The van der Waals surface area contributed by atoms with E-state index in [1.807, 2.05) is 19.1 Å². The Bertz CT molecular complexity index is 698. The molecule has 2 rings (SSSR count). The lowest BCUT2D eigenvalue weighted by Crippen LogP contribution is -2.45. The van der Waals surface area contributed by atoms with Crippen LogP contribution in [-0.4, -0.2) is 38.3 Å². The average molecular weight is 336 g/mol. The summed E-state index contributed by atoms with van der Waals surface area (Å²) >= 11 is 0. The Labute approximate surface area is 138 Å². The van der Waals surface area contributed by atoms with Gasteiger partial charge in [0.15, 0.2) is 0 Å². The zero-order chi connectivity index (χ0) is 17.0. The van der Waals surface area contributed by atoms with E-state index in [1.165, 1.54) is 4.31 Å². The maximum absolute atomic E-state index is 12.9. The summed E-state index contributed by atoms with van der Waals surface area (Å²) in [6.07, 6.45) is 3.02. The smallest absolute Gasteiger partial charge is 0.243 e. The molecule has 1 atom stereocenters. The maximum Gasteiger partial charge on any atom is 0.243 e. The van der Waals surface area contributed by atoms with E-state index >= 15 is 0 Å². The van der Waals surface area contributed by atoms with E-state index in [-0.39, 0.29) is 18.4 Å². The van der Waals surface area contributed by atoms with Gasteiger partial charge in [-0.15, -0.1) is 6.58 Å². The highest BCUT2D eigenvalue weighted by Crippen LogP contribution is 2.26. The van der Waals surface area contributed by atoms with Crippen LogP contribution in [0.1, 0.15) is 24.0 Å². The highest BCUT2D eigenvalue weighted by atomic mass is 32.2. The molecule has 1 aromatic carbocycles. The normalized spacial score (nSPS) is 19.3. The number of carbonyl (C=O) groups is 1. The second-order valence-electron chi connectivity index (χ2n) is 6.00. The van der Waals surface area contributed by atoms with Crippen LogP contribution in [0.25, 0.3) is 0 Å². The first-order chi connectivity index (χ1) is 10.9. The van der Waals surface area contributed by atoms with Crippen molar-refractivity contribution >= 4 is 15.9 Å². The number of rotatable bonds is 5. The summed E-state index contributed by atoms with van der Waals surface area (Å²) in [5.41, 5.74) is 1.64. The molecule has 0 spiro atoms. The molecular weight excluding hydrogens is 312 g/mol. The lowest BCUT2D eigenvalue weighted by atomic mass is 9.99. The summed E-state index contributed by atoms with van der Waals surface area (Å²) < 4.78 is 27.3. The molecule has 1 aliphatic rings. The van der Waals surface area contributed by atoms with Gasteiger partial charge in [0.1, 0.15) is 0 Å². The maximum atomic E-state index is 12.9. The van der Waals surface area contributed by atoms with Gasteiger partial charge in [-0.1, -0.05) is 18.2 Å². The molecule has 0 radical (unpaired) electrons. The van der Waals surface area contributed by atoms with Gasteiger partial charge in [0.2, 0.25) is 15.9 Å². The Morgan fingerprint density at radius 2 is 2.17 bits per heavy atom. The van der Waals surface area contributed by atoms with Crippen LogP contribution in [0.2, 0.25) is 0 Å². The Morgan fingerprint density at radius 1 is 1.43 bits per heavy atom. The minimum atomic E-state index is -3.57. The third-order valence-corrected chi connectivity index (χ3v) is 6.14. The van der Waals surface area contributed by atoms with E-state index in [0.717, 1.165) is 11.1 Å². The van der Waals surface area contributed by atoms with Crippen LogP contribution in [0.3, 0.4) is 0 Å². The minimum absolute atomic E-state index is 0.106. The number of nitrogens with zero attached hydrogens (tertiary/aromatic N) is 1. The van der Waals surface area contributed by atoms with E-state index in [0.29, 0.717) is 30.8 Å². The molecule has 0 unspecified atom stereocenters. The molecule has 1 aromatic rings. The van der Waals surface area contributed by atoms with Crippen molar-refractivity contribution in [2.45, 2.75) is 31.6 Å². The van der Waals surface area contributed by atoms with E-state index in [2.05, 4.69) is 11.9 Å². The number of nitrogens with one attached hydrogen (secondary N) is 1. The fourth-order valence-electron chi connectivity index (χ4n) is 2.82. The predicted molar refractivity (Wildman–Crippen MR) is 90.6 cm³/mol. The first-order valence-corrected chi connectivity index (χ1v) is 9.26. The lowest BCUT2D eigenvalue weighted by molar-refractivity contribution is -0.125. The average Bonchev–Trinajstić information content (AvgIpc) is 2.54. The van der Waals surface area contributed by atoms with Crippen molar-refractivity contribution in [3.63, 3.8) is 0 Å². The largest absolute Gasteiger partial charge is 0.352 e. The minimum Gasteiger partial charge on any atom is -0.352 e. The summed E-state index contributed by atoms with van der Waals surface area (Å²) in [6.45, 7) is 8.34. The summed E-state index contributed by atoms with van der Waals surface area (Å²) in [4.78, 5) is 12.4. The van der Waals surface area contributed by atoms with Gasteiger partial charge in [-0.2, -0.15) is 4.31 Å². The number of hydrogen-bond donors (Lipinski definition) is 1. The molecule has 1 N–H and O–H groups in total. The van der Waals surface area contributed by atoms with Crippen LogP contribution in [0, 0.1) is 19.8 Å². The van der Waals surface area contributed by atoms with Gasteiger partial charge in [-0.3, -0.25) is 4.79 Å². The fourth-order valence-corrected chi connectivity index (χ4v) is 4.65. The van der Waals surface area contributed by atoms with Gasteiger partial charge >= 0.3 is 0 Å². The van der Waals surface area contributed by atoms with Crippen molar-refractivity contribution in [2.24, 2.45) is 5.92 Å². The molecule has 1 saturated heterocycles. The highest BCUT2D eigenvalue weighted by Gasteiger charge is 2.33. The first-order valence-electron chi connectivity index (χ1n) is 7.82. The van der Waals surface area contributed by atoms with E-state index in [1.54, 1.807) is 19.1 Å². The van der Waals surface area contributed by atoms with Crippen molar-refractivity contribution in [1.29, 1.82) is 0 Å². The Balaban J connectivity index is 2.21. The van der Waals surface area contributed by atoms with Crippen molar-refractivity contribution in [3.8, 4) is 0 Å². The number of benzene rings is 1. The number of piperidine rings is 1. The molecule has 0 aliphatic carbocycles. The standard InChI is InChI=1S/C17H24N2O3S/c1-4-9-18-17(20)15-6-5-10-19(12-15)23(21,22)16-11-13(2)7-8-14(16)3/h4,7-8,11,15H,1,5-6,9-10,12H2,2-3H3,(H,18,20)/t15-/m0/s1. The molecule has 5 nitrogen and oxygen atoms in total. The van der Waals surface area contributed by atoms with Gasteiger partial charge in [-0.25, -0.2) is 8.42 Å². The molecule has 1 heterocycles. The van der Waals surface area contributed by atoms with Crippen molar-refractivity contribution in [2.75, 3.05) is 19.6 Å². The fraction of sp³-hybridized carbons (Fsp3) is 0.471. The molecular formula is C17H24N2O3S. The molecule has 0 bridgehead atoms. The van der Waals surface area contributed by atoms with E-state index in [9.17, 15) is 13.2 Å². The third kappa shape index (κ3) is 4.00. The van der Waals surface area contributed by atoms with Crippen molar-refractivity contribution in [3.05, 3.63) is 42.0 Å². The number of sulfonamides is 1. The number of aryl methyl sites for hydroxylation is 2. The predicted octanol–water partition coefficient (Wildman–Crippen LogP) is 2.01. The third-order valence-electron chi connectivity index (χ3n) is 4.14. The van der Waals surface area contributed by atoms with Crippen LogP contribution >= 0.6 is 0 Å². The van der Waals surface area contributed by atoms with Crippen LogP contribution < -0.4 is 5.32 Å². The zero-order valence-electron chi connectivity index (χ0n) is 13.7. The molecule has 23 heavy (non-hydrogen) atoms. The second-order valence-corrected chi connectivity index (χ2v) is 7.91. The molecule has 1 amide bonds. The Hall–Kier alpha value is -1.66. The van der Waals surface area contributed by atoms with Crippen molar-refractivity contribution in [1.82, 2.24) is 9.62 Å². The number of amides is 1. The molecule has 1 fully saturated rings. The van der Waals surface area contributed by atoms with Crippen LogP contribution in [-0.2, 0) is 14.8 Å². The van der Waals surface area contributed by atoms with Gasteiger partial charge in [-0.05, 0) is 43.9 Å². The molecule has 1 aliphatic heterocycles.